The summed E-state index contributed by atoms with van der Waals surface area (Å²) in [5, 5.41) is 9.01. The number of ether oxygens (including phenoxy) is 1. The highest BCUT2D eigenvalue weighted by Gasteiger charge is 2.16. The van der Waals surface area contributed by atoms with Gasteiger partial charge in [-0.25, -0.2) is 13.1 Å². The average molecular weight is 520 g/mol. The normalized spacial score (nSPS) is 12.4. The van der Waals surface area contributed by atoms with Crippen LogP contribution in [0.15, 0.2) is 48.8 Å². The number of fused-ring (bicyclic) bond motifs is 1. The second-order valence-electron chi connectivity index (χ2n) is 8.19. The van der Waals surface area contributed by atoms with Crippen LogP contribution in [-0.4, -0.2) is 53.7 Å². The number of halogens is 1. The van der Waals surface area contributed by atoms with E-state index in [1.807, 2.05) is 49.7 Å². The van der Waals surface area contributed by atoms with Gasteiger partial charge < -0.3 is 14.6 Å². The minimum atomic E-state index is -3.83. The highest BCUT2D eigenvalue weighted by atomic mass is 35.5. The van der Waals surface area contributed by atoms with Crippen molar-refractivity contribution < 1.29 is 17.9 Å². The van der Waals surface area contributed by atoms with Gasteiger partial charge in [0.2, 0.25) is 10.0 Å². The maximum atomic E-state index is 12.4. The fraction of sp³-hybridized carbons (Fsp3) is 0.333. The smallest absolute Gasteiger partial charge is 0.257 e. The van der Waals surface area contributed by atoms with Crippen LogP contribution in [0.1, 0.15) is 25.1 Å². The first-order valence-corrected chi connectivity index (χ1v) is 13.1. The van der Waals surface area contributed by atoms with E-state index in [1.54, 1.807) is 23.9 Å². The second kappa shape index (κ2) is 11.6. The number of carbonyl (C=O) groups is 1. The van der Waals surface area contributed by atoms with E-state index in [1.165, 1.54) is 18.4 Å². The number of hydrogen-bond acceptors (Lipinski definition) is 6. The van der Waals surface area contributed by atoms with Gasteiger partial charge in [0, 0.05) is 41.8 Å². The molecule has 0 aliphatic carbocycles. The van der Waals surface area contributed by atoms with Crippen LogP contribution in [0.2, 0.25) is 5.02 Å². The lowest BCUT2D eigenvalue weighted by Crippen LogP contribution is -2.30. The highest BCUT2D eigenvalue weighted by molar-refractivity contribution is 7.90. The lowest BCUT2D eigenvalue weighted by molar-refractivity contribution is -0.114. The number of rotatable bonds is 11. The molecule has 9 nitrogen and oxygen atoms in total. The van der Waals surface area contributed by atoms with E-state index >= 15 is 0 Å². The minimum absolute atomic E-state index is 0.137. The molecule has 0 aliphatic rings. The molecule has 3 rings (SSSR count). The van der Waals surface area contributed by atoms with E-state index < -0.39 is 15.9 Å². The molecular weight excluding hydrogens is 490 g/mol. The summed E-state index contributed by atoms with van der Waals surface area (Å²) in [6.45, 7) is 6.77. The third kappa shape index (κ3) is 7.20. The number of amides is 1. The van der Waals surface area contributed by atoms with Crippen LogP contribution in [0.25, 0.3) is 22.8 Å². The Morgan fingerprint density at radius 3 is 2.80 bits per heavy atom. The lowest BCUT2D eigenvalue weighted by atomic mass is 10.2. The van der Waals surface area contributed by atoms with Crippen molar-refractivity contribution >= 4 is 44.5 Å². The Morgan fingerprint density at radius 1 is 1.29 bits per heavy atom. The summed E-state index contributed by atoms with van der Waals surface area (Å²) >= 11 is 6.10. The Kier molecular flexibility index (Phi) is 8.76. The van der Waals surface area contributed by atoms with Gasteiger partial charge in [0.15, 0.2) is 0 Å². The van der Waals surface area contributed by atoms with Gasteiger partial charge in [0.1, 0.15) is 5.82 Å². The molecule has 1 amide bonds. The third-order valence-electron chi connectivity index (χ3n) is 5.02. The predicted octanol–water partition coefficient (Wildman–Crippen LogP) is 3.31. The molecule has 35 heavy (non-hydrogen) atoms. The van der Waals surface area contributed by atoms with Crippen LogP contribution < -0.4 is 10.0 Å². The van der Waals surface area contributed by atoms with Crippen LogP contribution in [0.4, 0.5) is 0 Å². The maximum Gasteiger partial charge on any atom is 0.257 e. The molecule has 0 atom stereocenters. The summed E-state index contributed by atoms with van der Waals surface area (Å²) in [5.41, 5.74) is 2.32. The molecule has 2 heterocycles. The fourth-order valence-electron chi connectivity index (χ4n) is 3.52. The number of nitrogens with zero attached hydrogens (tertiary/aromatic N) is 3. The molecule has 2 aromatic heterocycles. The van der Waals surface area contributed by atoms with Crippen molar-refractivity contribution in [1.29, 1.82) is 0 Å². The standard InChI is InChI=1S/C24H30ClN5O4S/c1-17(2)34-14-12-26-11-5-15-35(32,33)28-23(31)9-7-21-18(3)27-29(4)24(21)30-13-10-19-16-20(25)6-8-22(19)30/h5-11,13,16-17,26H,12,14-15H2,1-4H3,(H,28,31)/b9-7+,11-5?. The molecule has 1 aromatic carbocycles. The van der Waals surface area contributed by atoms with Crippen molar-refractivity contribution in [3.8, 4) is 5.82 Å². The zero-order valence-corrected chi connectivity index (χ0v) is 21.7. The molecule has 3 aromatic rings. The van der Waals surface area contributed by atoms with Crippen LogP contribution in [0, 0.1) is 6.92 Å². The summed E-state index contributed by atoms with van der Waals surface area (Å²) in [7, 11) is -2.02. The third-order valence-corrected chi connectivity index (χ3v) is 6.40. The highest BCUT2D eigenvalue weighted by Crippen LogP contribution is 2.27. The Hall–Kier alpha value is -3.08. The molecule has 2 N–H and O–H groups in total. The lowest BCUT2D eigenvalue weighted by Gasteiger charge is -2.08. The Morgan fingerprint density at radius 2 is 2.06 bits per heavy atom. The molecule has 0 saturated heterocycles. The van der Waals surface area contributed by atoms with E-state index in [-0.39, 0.29) is 11.9 Å². The van der Waals surface area contributed by atoms with Gasteiger partial charge in [0.25, 0.3) is 5.91 Å². The molecule has 0 fully saturated rings. The fourth-order valence-corrected chi connectivity index (χ4v) is 4.51. The summed E-state index contributed by atoms with van der Waals surface area (Å²) in [6, 6.07) is 7.53. The molecule has 0 radical (unpaired) electrons. The Labute approximate surface area is 210 Å². The number of carbonyl (C=O) groups excluding carboxylic acids is 1. The molecule has 0 unspecified atom stereocenters. The van der Waals surface area contributed by atoms with Gasteiger partial charge in [-0.1, -0.05) is 17.7 Å². The SMILES string of the molecule is Cc1nn(C)c(-n2ccc3cc(Cl)ccc32)c1/C=C/C(=O)NS(=O)(=O)CC=CNCCOC(C)C. The topological polar surface area (TPSA) is 107 Å². The van der Waals surface area contributed by atoms with E-state index in [2.05, 4.69) is 15.1 Å². The molecule has 188 valence electrons. The van der Waals surface area contributed by atoms with Gasteiger partial charge in [-0.2, -0.15) is 5.10 Å². The van der Waals surface area contributed by atoms with E-state index in [0.29, 0.717) is 29.4 Å². The number of sulfonamides is 1. The zero-order chi connectivity index (χ0) is 25.6. The molecular formula is C24H30ClN5O4S. The number of benzene rings is 1. The van der Waals surface area contributed by atoms with E-state index in [0.717, 1.165) is 16.7 Å². The number of aryl methyl sites for hydroxylation is 2. The van der Waals surface area contributed by atoms with Crippen molar-refractivity contribution in [3.63, 3.8) is 0 Å². The molecule has 0 spiro atoms. The van der Waals surface area contributed by atoms with Gasteiger partial charge in [-0.3, -0.25) is 9.48 Å². The molecule has 0 saturated carbocycles. The van der Waals surface area contributed by atoms with Gasteiger partial charge >= 0.3 is 0 Å². The Bertz CT molecular complexity index is 1360. The molecule has 0 bridgehead atoms. The first-order chi connectivity index (χ1) is 16.6. The van der Waals surface area contributed by atoms with Gasteiger partial charge in [-0.05, 0) is 57.3 Å². The number of aromatic nitrogens is 3. The average Bonchev–Trinajstić information content (AvgIpc) is 3.29. The van der Waals surface area contributed by atoms with Crippen molar-refractivity contribution in [2.75, 3.05) is 18.9 Å². The number of hydrogen-bond donors (Lipinski definition) is 2. The summed E-state index contributed by atoms with van der Waals surface area (Å²) in [4.78, 5) is 12.4. The molecule has 11 heteroatoms. The monoisotopic (exact) mass is 519 g/mol. The van der Waals surface area contributed by atoms with Crippen LogP contribution in [0.3, 0.4) is 0 Å². The molecule has 0 aliphatic heterocycles. The zero-order valence-electron chi connectivity index (χ0n) is 20.2. The summed E-state index contributed by atoms with van der Waals surface area (Å²) in [6.07, 6.45) is 7.76. The summed E-state index contributed by atoms with van der Waals surface area (Å²) < 4.78 is 35.5. The van der Waals surface area contributed by atoms with Crippen LogP contribution in [0.5, 0.6) is 0 Å². The van der Waals surface area contributed by atoms with Crippen LogP contribution >= 0.6 is 11.6 Å². The Balaban J connectivity index is 1.67. The van der Waals surface area contributed by atoms with Crippen molar-refractivity contribution in [1.82, 2.24) is 24.4 Å². The van der Waals surface area contributed by atoms with E-state index in [4.69, 9.17) is 16.3 Å². The maximum absolute atomic E-state index is 12.4. The van der Waals surface area contributed by atoms with Crippen molar-refractivity contribution in [3.05, 3.63) is 65.1 Å². The van der Waals surface area contributed by atoms with Gasteiger partial charge in [0.05, 0.1) is 29.7 Å². The summed E-state index contributed by atoms with van der Waals surface area (Å²) in [5.74, 6) is -0.336. The first kappa shape index (κ1) is 26.5. The van der Waals surface area contributed by atoms with Crippen LogP contribution in [-0.2, 0) is 26.6 Å². The quantitative estimate of drug-likeness (QED) is 0.297. The van der Waals surface area contributed by atoms with Gasteiger partial charge in [-0.15, -0.1) is 0 Å². The predicted molar refractivity (Wildman–Crippen MR) is 139 cm³/mol. The van der Waals surface area contributed by atoms with Crippen molar-refractivity contribution in [2.45, 2.75) is 26.9 Å². The minimum Gasteiger partial charge on any atom is -0.389 e. The first-order valence-electron chi connectivity index (χ1n) is 11.1. The van der Waals surface area contributed by atoms with Crippen molar-refractivity contribution in [2.24, 2.45) is 7.05 Å². The number of nitrogens with one attached hydrogen (secondary N) is 2. The van der Waals surface area contributed by atoms with E-state index in [9.17, 15) is 13.2 Å². The second-order valence-corrected chi connectivity index (χ2v) is 10.4. The largest absolute Gasteiger partial charge is 0.389 e.